The van der Waals surface area contributed by atoms with Crippen molar-refractivity contribution < 1.29 is 8.78 Å². The van der Waals surface area contributed by atoms with Gasteiger partial charge in [0.2, 0.25) is 0 Å². The molecule has 6 heteroatoms. The molecule has 3 nitrogen and oxygen atoms in total. The molecule has 0 saturated heterocycles. The molecule has 0 amide bonds. The highest BCUT2D eigenvalue weighted by atomic mass is 32.1. The highest BCUT2D eigenvalue weighted by Gasteiger charge is 2.14. The van der Waals surface area contributed by atoms with Crippen molar-refractivity contribution in [1.29, 1.82) is 0 Å². The number of thiophene rings is 1. The first-order valence-corrected chi connectivity index (χ1v) is 9.58. The van der Waals surface area contributed by atoms with Crippen LogP contribution in [0.2, 0.25) is 0 Å². The third-order valence-electron chi connectivity index (χ3n) is 4.67. The fourth-order valence-electron chi connectivity index (χ4n) is 3.33. The lowest BCUT2D eigenvalue weighted by atomic mass is 10.0. The predicted octanol–water partition coefficient (Wildman–Crippen LogP) is 5.78. The molecule has 5 rings (SSSR count). The van der Waals surface area contributed by atoms with Gasteiger partial charge in [-0.2, -0.15) is 0 Å². The van der Waals surface area contributed by atoms with E-state index in [0.29, 0.717) is 6.42 Å². The van der Waals surface area contributed by atoms with Crippen LogP contribution in [0.1, 0.15) is 11.1 Å². The van der Waals surface area contributed by atoms with Gasteiger partial charge in [-0.05, 0) is 46.8 Å². The lowest BCUT2D eigenvalue weighted by Crippen LogP contribution is -1.95. The topological polar surface area (TPSA) is 38.7 Å². The Hall–Kier alpha value is -3.25. The van der Waals surface area contributed by atoms with Crippen LogP contribution in [0.4, 0.5) is 8.78 Å². The Balaban J connectivity index is 1.62. The van der Waals surface area contributed by atoms with Crippen LogP contribution in [0, 0.1) is 11.6 Å². The lowest BCUT2D eigenvalue weighted by molar-refractivity contribution is 0.602. The van der Waals surface area contributed by atoms with Crippen molar-refractivity contribution in [2.45, 2.75) is 6.42 Å². The minimum atomic E-state index is -0.544. The third-order valence-corrected chi connectivity index (χ3v) is 5.63. The Labute approximate surface area is 163 Å². The number of rotatable bonds is 3. The van der Waals surface area contributed by atoms with Crippen LogP contribution < -0.4 is 0 Å². The van der Waals surface area contributed by atoms with E-state index in [2.05, 4.69) is 27.1 Å². The Bertz CT molecular complexity index is 1320. The maximum atomic E-state index is 14.2. The van der Waals surface area contributed by atoms with Gasteiger partial charge in [-0.25, -0.2) is 18.7 Å². The van der Waals surface area contributed by atoms with E-state index in [4.69, 9.17) is 0 Å². The van der Waals surface area contributed by atoms with Crippen molar-refractivity contribution >= 4 is 32.5 Å². The van der Waals surface area contributed by atoms with Gasteiger partial charge in [-0.3, -0.25) is 4.98 Å². The zero-order valence-electron chi connectivity index (χ0n) is 14.6. The molecular formula is C22H13F2N3S. The van der Waals surface area contributed by atoms with Gasteiger partial charge in [0.25, 0.3) is 0 Å². The molecule has 0 aliphatic rings. The number of pyridine rings is 1. The number of aromatic nitrogens is 3. The highest BCUT2D eigenvalue weighted by molar-refractivity contribution is 7.17. The van der Waals surface area contributed by atoms with Crippen molar-refractivity contribution in [3.8, 4) is 11.4 Å². The van der Waals surface area contributed by atoms with Crippen molar-refractivity contribution in [1.82, 2.24) is 15.0 Å². The first-order chi connectivity index (χ1) is 13.7. The van der Waals surface area contributed by atoms with Crippen LogP contribution in [0.5, 0.6) is 0 Å². The largest absolute Gasteiger partial charge is 0.256 e. The van der Waals surface area contributed by atoms with E-state index in [1.54, 1.807) is 23.7 Å². The molecule has 5 aromatic rings. The van der Waals surface area contributed by atoms with E-state index < -0.39 is 11.6 Å². The van der Waals surface area contributed by atoms with Crippen molar-refractivity contribution in [2.24, 2.45) is 0 Å². The summed E-state index contributed by atoms with van der Waals surface area (Å²) in [6.07, 6.45) is 4.12. The van der Waals surface area contributed by atoms with Crippen LogP contribution in [0.15, 0.2) is 66.3 Å². The Morgan fingerprint density at radius 2 is 1.86 bits per heavy atom. The van der Waals surface area contributed by atoms with Crippen LogP contribution in [-0.2, 0) is 6.42 Å². The average Bonchev–Trinajstić information content (AvgIpc) is 3.12. The smallest absolute Gasteiger partial charge is 0.162 e. The maximum absolute atomic E-state index is 14.2. The third kappa shape index (κ3) is 2.92. The number of nitrogens with zero attached hydrogens (tertiary/aromatic N) is 3. The first kappa shape index (κ1) is 16.9. The predicted molar refractivity (Wildman–Crippen MR) is 107 cm³/mol. The molecule has 3 heterocycles. The molecule has 0 saturated carbocycles. The van der Waals surface area contributed by atoms with E-state index in [1.807, 2.05) is 23.6 Å². The molecule has 0 radical (unpaired) electrons. The first-order valence-electron chi connectivity index (χ1n) is 8.70. The molecular weight excluding hydrogens is 376 g/mol. The molecule has 0 bridgehead atoms. The van der Waals surface area contributed by atoms with E-state index >= 15 is 0 Å². The molecule has 3 aromatic heterocycles. The molecule has 0 spiro atoms. The lowest BCUT2D eigenvalue weighted by Gasteiger charge is -2.06. The standard InChI is InChI=1S/C22H13F2N3S/c23-15-6-7-18(24)17(10-15)22-26-11-20-21(27-22)14(12-28-20)9-13-3-1-5-19-16(13)4-2-8-25-19/h1-8,10-12H,9H2. The summed E-state index contributed by atoms with van der Waals surface area (Å²) in [5, 5.41) is 3.13. The van der Waals surface area contributed by atoms with Gasteiger partial charge < -0.3 is 0 Å². The summed E-state index contributed by atoms with van der Waals surface area (Å²) in [5.74, 6) is -0.879. The summed E-state index contributed by atoms with van der Waals surface area (Å²) in [5.41, 5.74) is 3.93. The van der Waals surface area contributed by atoms with E-state index in [-0.39, 0.29) is 11.4 Å². The molecule has 136 valence electrons. The summed E-state index contributed by atoms with van der Waals surface area (Å²) in [6.45, 7) is 0. The van der Waals surface area contributed by atoms with Crippen molar-refractivity contribution in [3.05, 3.63) is 89.1 Å². The summed E-state index contributed by atoms with van der Waals surface area (Å²) in [6, 6.07) is 13.3. The Kier molecular flexibility index (Phi) is 4.06. The number of fused-ring (bicyclic) bond motifs is 2. The zero-order valence-corrected chi connectivity index (χ0v) is 15.4. The summed E-state index contributed by atoms with van der Waals surface area (Å²) in [4.78, 5) is 13.2. The summed E-state index contributed by atoms with van der Waals surface area (Å²) >= 11 is 1.54. The highest BCUT2D eigenvalue weighted by Crippen LogP contribution is 2.30. The van der Waals surface area contributed by atoms with Gasteiger partial charge in [-0.1, -0.05) is 18.2 Å². The van der Waals surface area contributed by atoms with Crippen molar-refractivity contribution in [3.63, 3.8) is 0 Å². The van der Waals surface area contributed by atoms with E-state index in [9.17, 15) is 8.78 Å². The second kappa shape index (κ2) is 6.73. The molecule has 2 aromatic carbocycles. The van der Waals surface area contributed by atoms with Crippen molar-refractivity contribution in [2.75, 3.05) is 0 Å². The van der Waals surface area contributed by atoms with Crippen LogP contribution in [0.3, 0.4) is 0 Å². The molecule has 0 aliphatic heterocycles. The van der Waals surface area contributed by atoms with Gasteiger partial charge in [-0.15, -0.1) is 11.3 Å². The van der Waals surface area contributed by atoms with Crippen LogP contribution >= 0.6 is 11.3 Å². The fourth-order valence-corrected chi connectivity index (χ4v) is 4.19. The second-order valence-corrected chi connectivity index (χ2v) is 7.37. The van der Waals surface area contributed by atoms with E-state index in [0.717, 1.165) is 50.4 Å². The molecule has 0 N–H and O–H groups in total. The molecule has 0 unspecified atom stereocenters. The SMILES string of the molecule is Fc1ccc(F)c(-c2ncc3scc(Cc4cccc5ncccc45)c3n2)c1. The minimum Gasteiger partial charge on any atom is -0.256 e. The summed E-state index contributed by atoms with van der Waals surface area (Å²) in [7, 11) is 0. The number of benzene rings is 2. The molecule has 0 fully saturated rings. The Morgan fingerprint density at radius 1 is 0.929 bits per heavy atom. The maximum Gasteiger partial charge on any atom is 0.162 e. The van der Waals surface area contributed by atoms with Gasteiger partial charge in [0, 0.05) is 24.2 Å². The quantitative estimate of drug-likeness (QED) is 0.393. The number of hydrogen-bond donors (Lipinski definition) is 0. The van der Waals surface area contributed by atoms with Gasteiger partial charge in [0.1, 0.15) is 11.6 Å². The number of halogens is 2. The fraction of sp³-hybridized carbons (Fsp3) is 0.0455. The normalized spacial score (nSPS) is 11.4. The molecule has 0 aliphatic carbocycles. The van der Waals surface area contributed by atoms with E-state index in [1.165, 1.54) is 0 Å². The van der Waals surface area contributed by atoms with Gasteiger partial charge in [0.15, 0.2) is 5.82 Å². The minimum absolute atomic E-state index is 0.0633. The van der Waals surface area contributed by atoms with Crippen LogP contribution in [0.25, 0.3) is 32.5 Å². The second-order valence-electron chi connectivity index (χ2n) is 6.46. The zero-order chi connectivity index (χ0) is 19.1. The molecule has 0 atom stereocenters. The monoisotopic (exact) mass is 389 g/mol. The Morgan fingerprint density at radius 3 is 2.79 bits per heavy atom. The van der Waals surface area contributed by atoms with Gasteiger partial charge >= 0.3 is 0 Å². The average molecular weight is 389 g/mol. The van der Waals surface area contributed by atoms with Crippen LogP contribution in [-0.4, -0.2) is 15.0 Å². The number of hydrogen-bond acceptors (Lipinski definition) is 4. The summed E-state index contributed by atoms with van der Waals surface area (Å²) < 4.78 is 28.6. The molecule has 28 heavy (non-hydrogen) atoms. The van der Waals surface area contributed by atoms with Gasteiger partial charge in [0.05, 0.1) is 21.3 Å².